The summed E-state index contributed by atoms with van der Waals surface area (Å²) >= 11 is 6.61. The fourth-order valence-corrected chi connectivity index (χ4v) is 8.08. The van der Waals surface area contributed by atoms with Crippen LogP contribution in [0.25, 0.3) is 39.0 Å². The Labute approximate surface area is 300 Å². The molecule has 3 aliphatic heterocycles. The summed E-state index contributed by atoms with van der Waals surface area (Å²) in [6.45, 7) is 3.03. The van der Waals surface area contributed by atoms with Crippen LogP contribution in [0.3, 0.4) is 0 Å². The van der Waals surface area contributed by atoms with E-state index in [1.165, 1.54) is 0 Å². The van der Waals surface area contributed by atoms with Gasteiger partial charge in [-0.25, -0.2) is 4.39 Å². The minimum absolute atomic E-state index is 0.0414. The third-order valence-corrected chi connectivity index (χ3v) is 10.8. The number of benzene rings is 2. The van der Waals surface area contributed by atoms with E-state index < -0.39 is 29.6 Å². The van der Waals surface area contributed by atoms with Crippen molar-refractivity contribution in [2.45, 2.75) is 49.9 Å². The Balaban J connectivity index is 1.11. The van der Waals surface area contributed by atoms with Gasteiger partial charge >= 0.3 is 12.2 Å². The van der Waals surface area contributed by atoms with E-state index >= 15 is 4.39 Å². The van der Waals surface area contributed by atoms with E-state index in [4.69, 9.17) is 21.3 Å². The van der Waals surface area contributed by atoms with E-state index in [1.807, 2.05) is 36.2 Å². The van der Waals surface area contributed by atoms with Gasteiger partial charge in [0.15, 0.2) is 5.82 Å². The molecule has 0 aliphatic carbocycles. The summed E-state index contributed by atoms with van der Waals surface area (Å²) < 4.78 is 66.3. The molecule has 1 amide bonds. The lowest BCUT2D eigenvalue weighted by atomic mass is 9.95. The molecule has 52 heavy (non-hydrogen) atoms. The minimum Gasteiger partial charge on any atom is -0.461 e. The lowest BCUT2D eigenvalue weighted by molar-refractivity contribution is -0.146. The first-order chi connectivity index (χ1) is 25.0. The van der Waals surface area contributed by atoms with Gasteiger partial charge < -0.3 is 19.1 Å². The first-order valence-corrected chi connectivity index (χ1v) is 17.4. The van der Waals surface area contributed by atoms with Gasteiger partial charge in [0.05, 0.1) is 10.9 Å². The Morgan fingerprint density at radius 3 is 2.63 bits per heavy atom. The summed E-state index contributed by atoms with van der Waals surface area (Å²) in [6, 6.07) is 10.8. The number of hydrogen-bond acceptors (Lipinski definition) is 10. The third-order valence-electron chi connectivity index (χ3n) is 10.5. The van der Waals surface area contributed by atoms with Crippen LogP contribution in [0.4, 0.5) is 23.4 Å². The highest BCUT2D eigenvalue weighted by Crippen LogP contribution is 2.41. The lowest BCUT2D eigenvalue weighted by Crippen LogP contribution is -2.43. The van der Waals surface area contributed by atoms with Crippen LogP contribution in [0.5, 0.6) is 6.01 Å². The maximum atomic E-state index is 16.8. The van der Waals surface area contributed by atoms with Gasteiger partial charge in [0, 0.05) is 60.5 Å². The number of likely N-dealkylation sites (tertiary alicyclic amines) is 1. The van der Waals surface area contributed by atoms with Crippen LogP contribution in [0.15, 0.2) is 53.2 Å². The highest BCUT2D eigenvalue weighted by Gasteiger charge is 2.45. The van der Waals surface area contributed by atoms with E-state index in [0.29, 0.717) is 46.7 Å². The van der Waals surface area contributed by atoms with Crippen LogP contribution in [0.1, 0.15) is 43.8 Å². The molecule has 2 aromatic carbocycles. The first kappa shape index (κ1) is 34.2. The highest BCUT2D eigenvalue weighted by molar-refractivity contribution is 6.36. The van der Waals surface area contributed by atoms with Crippen LogP contribution >= 0.6 is 11.6 Å². The molecule has 3 aliphatic rings. The van der Waals surface area contributed by atoms with E-state index in [2.05, 4.69) is 29.5 Å². The van der Waals surface area contributed by atoms with Gasteiger partial charge in [-0.1, -0.05) is 47.1 Å². The summed E-state index contributed by atoms with van der Waals surface area (Å²) in [5, 5.41) is 5.25. The SMILES string of the molecule is CN(c1nc(OCC23CCCN2CCC3)nc2c(F)c(-c3cccc4cccc(Cl)c34)ncc12)[C@@H]1CCN(C(=O)/C=C/c2nc(C(F)(F)F)no2)C1. The van der Waals surface area contributed by atoms with Crippen LogP contribution < -0.4 is 9.64 Å². The lowest BCUT2D eigenvalue weighted by Gasteiger charge is -2.31. The number of carbonyl (C=O) groups excluding carboxylic acids is 1. The molecule has 3 fully saturated rings. The van der Waals surface area contributed by atoms with Crippen molar-refractivity contribution >= 4 is 51.1 Å². The number of ether oxygens (including phenoxy) is 1. The van der Waals surface area contributed by atoms with E-state index in [9.17, 15) is 18.0 Å². The Kier molecular flexibility index (Phi) is 8.73. The number of halogens is 5. The molecule has 0 spiro atoms. The molecule has 0 saturated carbocycles. The second-order valence-corrected chi connectivity index (χ2v) is 13.9. The number of rotatable bonds is 8. The van der Waals surface area contributed by atoms with Gasteiger partial charge in [0.2, 0.25) is 5.91 Å². The maximum Gasteiger partial charge on any atom is 0.455 e. The molecule has 1 atom stereocenters. The fraction of sp³-hybridized carbons (Fsp3) is 0.389. The molecular weight excluding hydrogens is 704 g/mol. The number of amides is 1. The van der Waals surface area contributed by atoms with Crippen molar-refractivity contribution < 1.29 is 31.6 Å². The fourth-order valence-electron chi connectivity index (χ4n) is 7.79. The second-order valence-electron chi connectivity index (χ2n) is 13.5. The molecule has 16 heteroatoms. The molecule has 270 valence electrons. The number of nitrogens with zero attached hydrogens (tertiary/aromatic N) is 8. The Hall–Kier alpha value is -4.89. The number of hydrogen-bond donors (Lipinski definition) is 0. The molecule has 3 saturated heterocycles. The standard InChI is InChI=1S/C36H33ClF4N8O3/c1-47(22-12-17-48(19-22)27(50)11-10-26-43-33(46-52-26)36(39,40)41)32-24-18-42-30(23-8-2-6-21-7-3-9-25(37)28(21)23)29(38)31(24)44-34(45-32)51-20-35-13-4-15-49(35)16-5-14-35/h2-3,6-11,18,22H,4-5,12-17,19-20H2,1H3/b11-10+/t22-/m1/s1. The van der Waals surface area contributed by atoms with Crippen LogP contribution in [-0.4, -0.2) is 92.2 Å². The van der Waals surface area contributed by atoms with Crippen molar-refractivity contribution in [2.75, 3.05) is 44.7 Å². The summed E-state index contributed by atoms with van der Waals surface area (Å²) in [5.41, 5.74) is 0.563. The zero-order chi connectivity index (χ0) is 36.2. The summed E-state index contributed by atoms with van der Waals surface area (Å²) in [6.07, 6.45) is 3.65. The molecular formula is C36H33ClF4N8O3. The average molecular weight is 737 g/mol. The predicted octanol–water partition coefficient (Wildman–Crippen LogP) is 6.80. The highest BCUT2D eigenvalue weighted by atomic mass is 35.5. The van der Waals surface area contributed by atoms with Crippen molar-refractivity contribution in [3.8, 4) is 17.3 Å². The topological polar surface area (TPSA) is 114 Å². The third kappa shape index (κ3) is 6.19. The average Bonchev–Trinajstić information content (AvgIpc) is 3.94. The number of carbonyl (C=O) groups is 1. The number of likely N-dealkylation sites (N-methyl/N-ethyl adjacent to an activating group) is 1. The molecule has 0 unspecified atom stereocenters. The van der Waals surface area contributed by atoms with E-state index in [-0.39, 0.29) is 35.3 Å². The van der Waals surface area contributed by atoms with Gasteiger partial charge in [0.1, 0.15) is 23.6 Å². The summed E-state index contributed by atoms with van der Waals surface area (Å²) in [4.78, 5) is 36.2. The molecule has 0 bridgehead atoms. The van der Waals surface area contributed by atoms with Crippen LogP contribution in [0, 0.1) is 5.82 Å². The van der Waals surface area contributed by atoms with Crippen molar-refractivity contribution in [3.05, 3.63) is 71.2 Å². The number of aromatic nitrogens is 5. The van der Waals surface area contributed by atoms with Crippen molar-refractivity contribution in [1.29, 1.82) is 0 Å². The number of pyridine rings is 1. The Bertz CT molecular complexity index is 2200. The summed E-state index contributed by atoms with van der Waals surface area (Å²) in [7, 11) is 1.81. The number of fused-ring (bicyclic) bond motifs is 3. The van der Waals surface area contributed by atoms with Crippen LogP contribution in [-0.2, 0) is 11.0 Å². The monoisotopic (exact) mass is 736 g/mol. The Morgan fingerprint density at radius 1 is 1.12 bits per heavy atom. The first-order valence-electron chi connectivity index (χ1n) is 17.0. The van der Waals surface area contributed by atoms with Gasteiger partial charge in [0.25, 0.3) is 11.7 Å². The van der Waals surface area contributed by atoms with Crippen LogP contribution in [0.2, 0.25) is 5.02 Å². The quantitative estimate of drug-likeness (QED) is 0.125. The molecule has 6 heterocycles. The molecule has 5 aromatic rings. The molecule has 8 rings (SSSR count). The van der Waals surface area contributed by atoms with E-state index in [1.54, 1.807) is 23.2 Å². The number of anilines is 1. The van der Waals surface area contributed by atoms with Crippen molar-refractivity contribution in [1.82, 2.24) is 34.9 Å². The smallest absolute Gasteiger partial charge is 0.455 e. The maximum absolute atomic E-state index is 16.8. The number of alkyl halides is 3. The van der Waals surface area contributed by atoms with Crippen molar-refractivity contribution in [2.24, 2.45) is 0 Å². The predicted molar refractivity (Wildman–Crippen MR) is 185 cm³/mol. The molecule has 0 N–H and O–H groups in total. The zero-order valence-corrected chi connectivity index (χ0v) is 28.8. The molecule has 0 radical (unpaired) electrons. The van der Waals surface area contributed by atoms with Gasteiger partial charge in [-0.15, -0.1) is 0 Å². The van der Waals surface area contributed by atoms with Gasteiger partial charge in [-0.2, -0.15) is 28.1 Å². The normalized spacial score (nSPS) is 19.0. The second kappa shape index (κ2) is 13.3. The van der Waals surface area contributed by atoms with E-state index in [0.717, 1.165) is 56.3 Å². The minimum atomic E-state index is -4.76. The largest absolute Gasteiger partial charge is 0.461 e. The summed E-state index contributed by atoms with van der Waals surface area (Å²) in [5.74, 6) is -2.56. The molecule has 11 nitrogen and oxygen atoms in total. The zero-order valence-electron chi connectivity index (χ0n) is 28.0. The molecule has 3 aromatic heterocycles. The van der Waals surface area contributed by atoms with Crippen molar-refractivity contribution in [3.63, 3.8) is 0 Å². The van der Waals surface area contributed by atoms with Gasteiger partial charge in [-0.3, -0.25) is 14.7 Å². The Morgan fingerprint density at radius 2 is 1.88 bits per heavy atom. The van der Waals surface area contributed by atoms with Gasteiger partial charge in [-0.05, 0) is 56.6 Å².